The number of rotatable bonds is 2. The zero-order valence-corrected chi connectivity index (χ0v) is 12.2. The van der Waals surface area contributed by atoms with Crippen molar-refractivity contribution in [2.75, 3.05) is 5.32 Å². The number of H-pyrrole nitrogens is 1. The average Bonchev–Trinajstić information content (AvgIpc) is 3.15. The molecule has 1 aliphatic heterocycles. The number of amides is 1. The van der Waals surface area contributed by atoms with E-state index in [-0.39, 0.29) is 23.2 Å². The number of nitrogens with zero attached hydrogens (tertiary/aromatic N) is 3. The van der Waals surface area contributed by atoms with Gasteiger partial charge in [-0.1, -0.05) is 5.21 Å². The second-order valence-electron chi connectivity index (χ2n) is 5.80. The van der Waals surface area contributed by atoms with Crippen LogP contribution >= 0.6 is 0 Å². The summed E-state index contributed by atoms with van der Waals surface area (Å²) in [6.07, 6.45) is 0. The zero-order valence-electron chi connectivity index (χ0n) is 12.2. The summed E-state index contributed by atoms with van der Waals surface area (Å²) in [5.41, 5.74) is 1.58. The van der Waals surface area contributed by atoms with E-state index in [1.807, 2.05) is 13.8 Å². The second kappa shape index (κ2) is 4.15. The summed E-state index contributed by atoms with van der Waals surface area (Å²) >= 11 is 0. The molecule has 3 heterocycles. The number of nitrogens with one attached hydrogen (secondary N) is 2. The first-order chi connectivity index (χ1) is 10.9. The summed E-state index contributed by atoms with van der Waals surface area (Å²) in [6.45, 7) is 3.64. The summed E-state index contributed by atoms with van der Waals surface area (Å²) in [5.74, 6) is -1.24. The van der Waals surface area contributed by atoms with Gasteiger partial charge in [0, 0.05) is 11.8 Å². The van der Waals surface area contributed by atoms with Crippen molar-refractivity contribution >= 4 is 28.7 Å². The Morgan fingerprint density at radius 3 is 2.87 bits per heavy atom. The third-order valence-corrected chi connectivity index (χ3v) is 3.98. The van der Waals surface area contributed by atoms with Gasteiger partial charge in [-0.25, -0.2) is 9.78 Å². The topological polar surface area (TPSA) is 134 Å². The standard InChI is InChI=1S/C14H11N5O4/c1-14(2)5-3-7-8(4-6(5)16-13(14)22)23-11(15-7)9-10(12(20)21)18-19-17-9/h3-4H,1-2H3,(H,16,22)(H,20,21)(H,17,18,19). The van der Waals surface area contributed by atoms with E-state index in [9.17, 15) is 9.59 Å². The largest absolute Gasteiger partial charge is 0.476 e. The van der Waals surface area contributed by atoms with Crippen molar-refractivity contribution in [3.8, 4) is 11.6 Å². The monoisotopic (exact) mass is 313 g/mol. The lowest BCUT2D eigenvalue weighted by molar-refractivity contribution is -0.119. The molecule has 4 rings (SSSR count). The zero-order chi connectivity index (χ0) is 16.4. The lowest BCUT2D eigenvalue weighted by Crippen LogP contribution is -2.26. The van der Waals surface area contributed by atoms with Gasteiger partial charge in [0.25, 0.3) is 5.89 Å². The second-order valence-corrected chi connectivity index (χ2v) is 5.80. The number of anilines is 1. The molecule has 0 bridgehead atoms. The van der Waals surface area contributed by atoms with Crippen LogP contribution in [0.1, 0.15) is 29.9 Å². The highest BCUT2D eigenvalue weighted by atomic mass is 16.4. The molecule has 9 nitrogen and oxygen atoms in total. The van der Waals surface area contributed by atoms with Crippen molar-refractivity contribution < 1.29 is 19.1 Å². The smallest absolute Gasteiger partial charge is 0.356 e. The lowest BCUT2D eigenvalue weighted by Gasteiger charge is -2.14. The molecule has 1 amide bonds. The predicted molar refractivity (Wildman–Crippen MR) is 78.0 cm³/mol. The Morgan fingerprint density at radius 2 is 2.13 bits per heavy atom. The number of carbonyl (C=O) groups is 2. The summed E-state index contributed by atoms with van der Waals surface area (Å²) < 4.78 is 5.58. The highest BCUT2D eigenvalue weighted by molar-refractivity contribution is 6.07. The van der Waals surface area contributed by atoms with E-state index in [2.05, 4.69) is 25.7 Å². The van der Waals surface area contributed by atoms with Crippen LogP contribution in [-0.2, 0) is 10.2 Å². The minimum absolute atomic E-state index is 0.0251. The minimum atomic E-state index is -1.21. The number of aromatic amines is 1. The molecule has 9 heteroatoms. The maximum atomic E-state index is 12.0. The van der Waals surface area contributed by atoms with Gasteiger partial charge in [-0.15, -0.1) is 5.10 Å². The highest BCUT2D eigenvalue weighted by Crippen LogP contribution is 2.40. The molecule has 0 aliphatic carbocycles. The molecule has 116 valence electrons. The summed E-state index contributed by atoms with van der Waals surface area (Å²) in [6, 6.07) is 3.43. The number of hydrogen-bond donors (Lipinski definition) is 3. The van der Waals surface area contributed by atoms with Gasteiger partial charge in [-0.3, -0.25) is 9.89 Å². The molecule has 1 aromatic carbocycles. The van der Waals surface area contributed by atoms with Gasteiger partial charge in [-0.2, -0.15) is 0 Å². The first-order valence-electron chi connectivity index (χ1n) is 6.79. The van der Waals surface area contributed by atoms with E-state index < -0.39 is 11.4 Å². The average molecular weight is 313 g/mol. The van der Waals surface area contributed by atoms with Gasteiger partial charge < -0.3 is 14.8 Å². The van der Waals surface area contributed by atoms with E-state index in [1.54, 1.807) is 12.1 Å². The fraction of sp³-hybridized carbons (Fsp3) is 0.214. The van der Waals surface area contributed by atoms with Gasteiger partial charge in [-0.05, 0) is 25.5 Å². The molecule has 3 aromatic rings. The Balaban J connectivity index is 1.89. The number of benzene rings is 1. The summed E-state index contributed by atoms with van der Waals surface area (Å²) in [4.78, 5) is 27.4. The normalized spacial score (nSPS) is 15.7. The minimum Gasteiger partial charge on any atom is -0.476 e. The quantitative estimate of drug-likeness (QED) is 0.653. The van der Waals surface area contributed by atoms with Gasteiger partial charge in [0.1, 0.15) is 5.52 Å². The van der Waals surface area contributed by atoms with Crippen molar-refractivity contribution in [2.45, 2.75) is 19.3 Å². The van der Waals surface area contributed by atoms with Gasteiger partial charge in [0.05, 0.1) is 5.41 Å². The molecular weight excluding hydrogens is 302 g/mol. The molecule has 2 aromatic heterocycles. The van der Waals surface area contributed by atoms with Crippen LogP contribution < -0.4 is 5.32 Å². The predicted octanol–water partition coefficient (Wildman–Crippen LogP) is 1.54. The summed E-state index contributed by atoms with van der Waals surface area (Å²) in [7, 11) is 0. The molecule has 0 saturated heterocycles. The Hall–Kier alpha value is -3.23. The van der Waals surface area contributed by atoms with Crippen LogP contribution in [0, 0.1) is 0 Å². The molecule has 3 N–H and O–H groups in total. The van der Waals surface area contributed by atoms with Crippen molar-refractivity contribution in [3.05, 3.63) is 23.4 Å². The van der Waals surface area contributed by atoms with E-state index >= 15 is 0 Å². The molecule has 0 saturated carbocycles. The maximum absolute atomic E-state index is 12.0. The van der Waals surface area contributed by atoms with Crippen LogP contribution in [0.4, 0.5) is 5.69 Å². The van der Waals surface area contributed by atoms with Gasteiger partial charge >= 0.3 is 5.97 Å². The molecule has 1 aliphatic rings. The number of carbonyl (C=O) groups excluding carboxylic acids is 1. The number of aromatic carboxylic acids is 1. The van der Waals surface area contributed by atoms with Crippen LogP contribution in [0.15, 0.2) is 16.5 Å². The number of carboxylic acid groups (broad SMARTS) is 1. The highest BCUT2D eigenvalue weighted by Gasteiger charge is 2.39. The van der Waals surface area contributed by atoms with Crippen molar-refractivity contribution in [2.24, 2.45) is 0 Å². The first kappa shape index (κ1) is 13.4. The SMILES string of the molecule is CC1(C)C(=O)Nc2cc3oc(-c4nn[nH]c4C(=O)O)nc3cc21. The van der Waals surface area contributed by atoms with E-state index in [1.165, 1.54) is 0 Å². The fourth-order valence-corrected chi connectivity index (χ4v) is 2.62. The van der Waals surface area contributed by atoms with E-state index in [4.69, 9.17) is 9.52 Å². The molecule has 0 fully saturated rings. The first-order valence-corrected chi connectivity index (χ1v) is 6.79. The summed E-state index contributed by atoms with van der Waals surface area (Å²) in [5, 5.41) is 21.4. The Bertz CT molecular complexity index is 984. The van der Waals surface area contributed by atoms with Crippen LogP contribution in [0.25, 0.3) is 22.7 Å². The van der Waals surface area contributed by atoms with Crippen LogP contribution in [-0.4, -0.2) is 37.4 Å². The van der Waals surface area contributed by atoms with Crippen LogP contribution in [0.5, 0.6) is 0 Å². The van der Waals surface area contributed by atoms with Crippen molar-refractivity contribution in [3.63, 3.8) is 0 Å². The number of oxazole rings is 1. The number of fused-ring (bicyclic) bond motifs is 2. The molecular formula is C14H11N5O4. The molecule has 23 heavy (non-hydrogen) atoms. The molecule has 0 atom stereocenters. The van der Waals surface area contributed by atoms with Crippen LogP contribution in [0.3, 0.4) is 0 Å². The number of carboxylic acids is 1. The third kappa shape index (κ3) is 1.76. The Kier molecular flexibility index (Phi) is 2.43. The maximum Gasteiger partial charge on any atom is 0.356 e. The van der Waals surface area contributed by atoms with E-state index in [0.29, 0.717) is 16.8 Å². The number of aromatic nitrogens is 4. The van der Waals surface area contributed by atoms with Crippen LogP contribution in [0.2, 0.25) is 0 Å². The molecule has 0 spiro atoms. The fourth-order valence-electron chi connectivity index (χ4n) is 2.62. The lowest BCUT2D eigenvalue weighted by atomic mass is 9.86. The number of hydrogen-bond acceptors (Lipinski definition) is 6. The third-order valence-electron chi connectivity index (χ3n) is 3.98. The van der Waals surface area contributed by atoms with E-state index in [0.717, 1.165) is 5.56 Å². The molecule has 0 radical (unpaired) electrons. The van der Waals surface area contributed by atoms with Gasteiger partial charge in [0.15, 0.2) is 17.0 Å². The Labute approximate surface area is 128 Å². The van der Waals surface area contributed by atoms with Crippen molar-refractivity contribution in [1.29, 1.82) is 0 Å². The Morgan fingerprint density at radius 1 is 1.35 bits per heavy atom. The van der Waals surface area contributed by atoms with Crippen molar-refractivity contribution in [1.82, 2.24) is 20.4 Å². The molecule has 0 unspecified atom stereocenters. The van der Waals surface area contributed by atoms with Gasteiger partial charge in [0.2, 0.25) is 5.91 Å².